The van der Waals surface area contributed by atoms with Gasteiger partial charge in [-0.05, 0) is 36.8 Å². The minimum absolute atomic E-state index is 0. The fourth-order valence-electron chi connectivity index (χ4n) is 2.51. The predicted molar refractivity (Wildman–Crippen MR) is 129 cm³/mol. The summed E-state index contributed by atoms with van der Waals surface area (Å²) < 4.78 is 15.7. The van der Waals surface area contributed by atoms with Gasteiger partial charge in [0.15, 0.2) is 17.5 Å². The van der Waals surface area contributed by atoms with Crippen LogP contribution in [0.3, 0.4) is 0 Å². The van der Waals surface area contributed by atoms with Crippen molar-refractivity contribution in [3.05, 3.63) is 48.0 Å². The number of halogens is 1. The Morgan fingerprint density at radius 1 is 0.933 bits per heavy atom. The smallest absolute Gasteiger partial charge is 0.242 e. The van der Waals surface area contributed by atoms with Crippen molar-refractivity contribution in [2.24, 2.45) is 4.99 Å². The van der Waals surface area contributed by atoms with E-state index in [1.807, 2.05) is 37.3 Å². The van der Waals surface area contributed by atoms with Gasteiger partial charge in [-0.3, -0.25) is 4.79 Å². The Kier molecular flexibility index (Phi) is 11.4. The number of carbonyl (C=O) groups is 1. The third-order valence-electron chi connectivity index (χ3n) is 4.02. The average Bonchev–Trinajstić information content (AvgIpc) is 2.76. The fraction of sp³-hybridized carbons (Fsp3) is 0.333. The van der Waals surface area contributed by atoms with E-state index in [1.165, 1.54) is 0 Å². The molecule has 2 aromatic rings. The lowest BCUT2D eigenvalue weighted by Gasteiger charge is -2.14. The molecular weight excluding hydrogens is 499 g/mol. The first-order valence-corrected chi connectivity index (χ1v) is 9.26. The largest absolute Gasteiger partial charge is 0.497 e. The molecule has 30 heavy (non-hydrogen) atoms. The molecule has 164 valence electrons. The number of aliphatic imine (C=N–C) groups is 1. The van der Waals surface area contributed by atoms with Gasteiger partial charge in [0.25, 0.3) is 0 Å². The van der Waals surface area contributed by atoms with Gasteiger partial charge < -0.3 is 30.2 Å². The maximum atomic E-state index is 12.1. The van der Waals surface area contributed by atoms with Crippen molar-refractivity contribution >= 4 is 41.5 Å². The first-order chi connectivity index (χ1) is 14.1. The van der Waals surface area contributed by atoms with E-state index in [9.17, 15) is 4.79 Å². The van der Waals surface area contributed by atoms with Crippen LogP contribution in [-0.4, -0.2) is 46.3 Å². The maximum Gasteiger partial charge on any atom is 0.242 e. The van der Waals surface area contributed by atoms with Crippen LogP contribution in [0.1, 0.15) is 12.5 Å². The average molecular weight is 528 g/mol. The maximum absolute atomic E-state index is 12.1. The summed E-state index contributed by atoms with van der Waals surface area (Å²) in [6.07, 6.45) is 0. The second-order valence-electron chi connectivity index (χ2n) is 6.01. The van der Waals surface area contributed by atoms with Gasteiger partial charge in [0, 0.05) is 24.8 Å². The van der Waals surface area contributed by atoms with Gasteiger partial charge in [-0.1, -0.05) is 12.1 Å². The van der Waals surface area contributed by atoms with Crippen molar-refractivity contribution in [3.8, 4) is 17.2 Å². The molecule has 0 saturated heterocycles. The number of rotatable bonds is 9. The summed E-state index contributed by atoms with van der Waals surface area (Å²) in [5.41, 5.74) is 1.75. The highest BCUT2D eigenvalue weighted by atomic mass is 127. The van der Waals surface area contributed by atoms with Gasteiger partial charge in [0.2, 0.25) is 5.91 Å². The number of nitrogens with zero attached hydrogens (tertiary/aromatic N) is 1. The Balaban J connectivity index is 0.00000450. The van der Waals surface area contributed by atoms with Crippen LogP contribution in [0.4, 0.5) is 5.69 Å². The number of methoxy groups -OCH3 is 3. The lowest BCUT2D eigenvalue weighted by atomic mass is 10.2. The van der Waals surface area contributed by atoms with Gasteiger partial charge in [0.05, 0.1) is 21.3 Å². The van der Waals surface area contributed by atoms with Gasteiger partial charge in [-0.15, -0.1) is 24.0 Å². The highest BCUT2D eigenvalue weighted by molar-refractivity contribution is 14.0. The standard InChI is InChI=1S/C21H28N4O4.HI/c1-5-22-21(25-16-8-11-18(28-3)19(12-16)29-4)24-14-20(26)23-13-15-6-9-17(27-2)10-7-15;/h6-12H,5,13-14H2,1-4H3,(H,23,26)(H2,22,24,25);1H. The van der Waals surface area contributed by atoms with E-state index in [4.69, 9.17) is 14.2 Å². The third kappa shape index (κ3) is 7.97. The molecule has 0 aliphatic heterocycles. The van der Waals surface area contributed by atoms with Gasteiger partial charge in [0.1, 0.15) is 12.3 Å². The molecule has 0 radical (unpaired) electrons. The van der Waals surface area contributed by atoms with Crippen LogP contribution in [0.25, 0.3) is 0 Å². The van der Waals surface area contributed by atoms with Crippen LogP contribution in [0, 0.1) is 0 Å². The second-order valence-corrected chi connectivity index (χ2v) is 6.01. The summed E-state index contributed by atoms with van der Waals surface area (Å²) in [6.45, 7) is 3.04. The molecule has 0 aromatic heterocycles. The molecule has 9 heteroatoms. The number of anilines is 1. The van der Waals surface area contributed by atoms with Crippen molar-refractivity contribution in [3.63, 3.8) is 0 Å². The zero-order chi connectivity index (χ0) is 21.1. The highest BCUT2D eigenvalue weighted by Gasteiger charge is 2.07. The SMILES string of the molecule is CCNC(=NCC(=O)NCc1ccc(OC)cc1)Nc1ccc(OC)c(OC)c1.I. The van der Waals surface area contributed by atoms with Crippen LogP contribution < -0.4 is 30.2 Å². The van der Waals surface area contributed by atoms with Gasteiger partial charge >= 0.3 is 0 Å². The van der Waals surface area contributed by atoms with Crippen LogP contribution in [-0.2, 0) is 11.3 Å². The minimum Gasteiger partial charge on any atom is -0.497 e. The second kappa shape index (κ2) is 13.5. The summed E-state index contributed by atoms with van der Waals surface area (Å²) in [5, 5.41) is 9.12. The number of carbonyl (C=O) groups excluding carboxylic acids is 1. The molecular formula is C21H29IN4O4. The van der Waals surface area contributed by atoms with E-state index in [2.05, 4.69) is 20.9 Å². The molecule has 0 aliphatic rings. The van der Waals surface area contributed by atoms with E-state index < -0.39 is 0 Å². The first kappa shape index (κ1) is 25.3. The Morgan fingerprint density at radius 3 is 2.23 bits per heavy atom. The molecule has 0 saturated carbocycles. The van der Waals surface area contributed by atoms with Crippen molar-refractivity contribution < 1.29 is 19.0 Å². The summed E-state index contributed by atoms with van der Waals surface area (Å²) in [6, 6.07) is 13.0. The highest BCUT2D eigenvalue weighted by Crippen LogP contribution is 2.29. The van der Waals surface area contributed by atoms with E-state index in [1.54, 1.807) is 33.5 Å². The predicted octanol–water partition coefficient (Wildman–Crippen LogP) is 3.02. The van der Waals surface area contributed by atoms with Crippen LogP contribution in [0.2, 0.25) is 0 Å². The lowest BCUT2D eigenvalue weighted by Crippen LogP contribution is -2.33. The zero-order valence-corrected chi connectivity index (χ0v) is 20.0. The molecule has 2 aromatic carbocycles. The molecule has 0 bridgehead atoms. The molecule has 0 fully saturated rings. The molecule has 0 atom stereocenters. The Hall–Kier alpha value is -2.69. The van der Waals surface area contributed by atoms with E-state index in [-0.39, 0.29) is 36.4 Å². The summed E-state index contributed by atoms with van der Waals surface area (Å²) >= 11 is 0. The third-order valence-corrected chi connectivity index (χ3v) is 4.02. The Morgan fingerprint density at radius 2 is 1.63 bits per heavy atom. The molecule has 0 heterocycles. The fourth-order valence-corrected chi connectivity index (χ4v) is 2.51. The number of ether oxygens (including phenoxy) is 3. The van der Waals surface area contributed by atoms with Crippen LogP contribution >= 0.6 is 24.0 Å². The van der Waals surface area contributed by atoms with Crippen molar-refractivity contribution in [1.82, 2.24) is 10.6 Å². The topological polar surface area (TPSA) is 93.2 Å². The van der Waals surface area contributed by atoms with Crippen LogP contribution in [0.5, 0.6) is 17.2 Å². The van der Waals surface area contributed by atoms with Crippen molar-refractivity contribution in [2.75, 3.05) is 39.7 Å². The Labute approximate surface area is 194 Å². The number of hydrogen-bond donors (Lipinski definition) is 3. The van der Waals surface area contributed by atoms with Crippen molar-refractivity contribution in [1.29, 1.82) is 0 Å². The molecule has 3 N–H and O–H groups in total. The zero-order valence-electron chi connectivity index (χ0n) is 17.7. The molecule has 0 aliphatic carbocycles. The number of benzene rings is 2. The molecule has 2 rings (SSSR count). The summed E-state index contributed by atoms with van der Waals surface area (Å²) in [4.78, 5) is 16.5. The monoisotopic (exact) mass is 528 g/mol. The van der Waals surface area contributed by atoms with E-state index in [0.717, 1.165) is 17.0 Å². The van der Waals surface area contributed by atoms with Crippen molar-refractivity contribution in [2.45, 2.75) is 13.5 Å². The summed E-state index contributed by atoms with van der Waals surface area (Å²) in [5.74, 6) is 2.34. The van der Waals surface area contributed by atoms with E-state index >= 15 is 0 Å². The number of guanidine groups is 1. The number of hydrogen-bond acceptors (Lipinski definition) is 5. The minimum atomic E-state index is -0.176. The van der Waals surface area contributed by atoms with Gasteiger partial charge in [-0.25, -0.2) is 4.99 Å². The Bertz CT molecular complexity index is 828. The molecule has 0 unspecified atom stereocenters. The molecule has 0 spiro atoms. The number of amides is 1. The molecule has 8 nitrogen and oxygen atoms in total. The van der Waals surface area contributed by atoms with E-state index in [0.29, 0.717) is 30.5 Å². The first-order valence-electron chi connectivity index (χ1n) is 9.26. The van der Waals surface area contributed by atoms with Crippen LogP contribution in [0.15, 0.2) is 47.5 Å². The number of nitrogens with one attached hydrogen (secondary N) is 3. The quantitative estimate of drug-likeness (QED) is 0.263. The summed E-state index contributed by atoms with van der Waals surface area (Å²) in [7, 11) is 4.78. The van der Waals surface area contributed by atoms with Gasteiger partial charge in [-0.2, -0.15) is 0 Å². The lowest BCUT2D eigenvalue weighted by molar-refractivity contribution is -0.119. The normalized spacial score (nSPS) is 10.5. The molecule has 1 amide bonds.